The predicted octanol–water partition coefficient (Wildman–Crippen LogP) is 1.24. The zero-order valence-corrected chi connectivity index (χ0v) is 14.4. The number of likely N-dealkylation sites (tertiary alicyclic amines) is 1. The number of hydrogen-bond donors (Lipinski definition) is 2. The van der Waals surface area contributed by atoms with Gasteiger partial charge >= 0.3 is 0 Å². The molecule has 7 heteroatoms. The third kappa shape index (κ3) is 3.90. The second-order valence-electron chi connectivity index (χ2n) is 7.74. The van der Waals surface area contributed by atoms with Gasteiger partial charge in [-0.2, -0.15) is 0 Å². The lowest BCUT2D eigenvalue weighted by molar-refractivity contribution is -0.127. The van der Waals surface area contributed by atoms with Crippen molar-refractivity contribution in [2.45, 2.75) is 65.1 Å². The normalized spacial score (nSPS) is 25.5. The van der Waals surface area contributed by atoms with Gasteiger partial charge in [0.15, 0.2) is 0 Å². The molecule has 2 unspecified atom stereocenters. The number of nitrogens with zero attached hydrogens (tertiary/aromatic N) is 4. The summed E-state index contributed by atoms with van der Waals surface area (Å²) in [5.41, 5.74) is 7.91. The molecule has 2 N–H and O–H groups in total. The molecule has 2 saturated heterocycles. The van der Waals surface area contributed by atoms with E-state index in [2.05, 4.69) is 41.9 Å². The third-order valence-corrected chi connectivity index (χ3v) is 4.85. The molecule has 0 aliphatic carbocycles. The molecule has 2 aliphatic heterocycles. The molecule has 0 spiro atoms. The Morgan fingerprint density at radius 2 is 2.13 bits per heavy atom. The molecule has 2 atom stereocenters. The summed E-state index contributed by atoms with van der Waals surface area (Å²) in [4.78, 5) is 13.5. The van der Waals surface area contributed by atoms with E-state index in [9.17, 15) is 4.79 Å². The molecular weight excluding hydrogens is 292 g/mol. The summed E-state index contributed by atoms with van der Waals surface area (Å²) >= 11 is 0. The van der Waals surface area contributed by atoms with Crippen molar-refractivity contribution in [2.75, 3.05) is 13.1 Å². The zero-order valence-electron chi connectivity index (χ0n) is 14.4. The standard InChI is InChI=1S/C16H28N6O/c1-16(2,3)14-10-12(17-19-14)13-11-22(20-18-13)9-5-8-21-7-4-6-15(21)23/h11-12,14,17,19H,4-10H2,1-3H3. The van der Waals surface area contributed by atoms with Gasteiger partial charge in [-0.25, -0.2) is 5.43 Å². The van der Waals surface area contributed by atoms with Crippen molar-refractivity contribution in [2.24, 2.45) is 5.41 Å². The number of hydrazine groups is 1. The summed E-state index contributed by atoms with van der Waals surface area (Å²) in [6, 6.07) is 0.645. The number of carbonyl (C=O) groups is 1. The number of rotatable bonds is 5. The highest BCUT2D eigenvalue weighted by Gasteiger charge is 2.34. The maximum absolute atomic E-state index is 11.6. The van der Waals surface area contributed by atoms with Crippen molar-refractivity contribution in [3.8, 4) is 0 Å². The second-order valence-corrected chi connectivity index (χ2v) is 7.74. The van der Waals surface area contributed by atoms with Crippen LogP contribution in [0.1, 0.15) is 58.2 Å². The summed E-state index contributed by atoms with van der Waals surface area (Å²) < 4.78 is 1.89. The molecule has 7 nitrogen and oxygen atoms in total. The molecule has 1 amide bonds. The Hall–Kier alpha value is -1.47. The maximum Gasteiger partial charge on any atom is 0.222 e. The minimum atomic E-state index is 0.216. The second kappa shape index (κ2) is 6.57. The quantitative estimate of drug-likeness (QED) is 0.854. The highest BCUT2D eigenvalue weighted by molar-refractivity contribution is 5.77. The van der Waals surface area contributed by atoms with Gasteiger partial charge < -0.3 is 4.90 Å². The predicted molar refractivity (Wildman–Crippen MR) is 87.3 cm³/mol. The molecule has 2 fully saturated rings. The molecule has 0 radical (unpaired) electrons. The van der Waals surface area contributed by atoms with Crippen molar-refractivity contribution >= 4 is 5.91 Å². The van der Waals surface area contributed by atoms with E-state index in [1.54, 1.807) is 0 Å². The van der Waals surface area contributed by atoms with Crippen molar-refractivity contribution < 1.29 is 4.79 Å². The van der Waals surface area contributed by atoms with Crippen LogP contribution in [0.3, 0.4) is 0 Å². The number of aryl methyl sites for hydroxylation is 1. The van der Waals surface area contributed by atoms with Crippen molar-refractivity contribution in [3.05, 3.63) is 11.9 Å². The van der Waals surface area contributed by atoms with Crippen molar-refractivity contribution in [1.82, 2.24) is 30.7 Å². The molecule has 23 heavy (non-hydrogen) atoms. The van der Waals surface area contributed by atoms with Crippen molar-refractivity contribution in [1.29, 1.82) is 0 Å². The summed E-state index contributed by atoms with van der Waals surface area (Å²) in [5.74, 6) is 0.290. The van der Waals surface area contributed by atoms with Crippen LogP contribution in [0.4, 0.5) is 0 Å². The smallest absolute Gasteiger partial charge is 0.222 e. The molecular formula is C16H28N6O. The lowest BCUT2D eigenvalue weighted by atomic mass is 9.84. The van der Waals surface area contributed by atoms with E-state index in [4.69, 9.17) is 0 Å². The van der Waals surface area contributed by atoms with Crippen LogP contribution in [-0.4, -0.2) is 44.9 Å². The highest BCUT2D eigenvalue weighted by atomic mass is 16.2. The van der Waals surface area contributed by atoms with Crippen LogP contribution < -0.4 is 10.9 Å². The zero-order chi connectivity index (χ0) is 16.4. The maximum atomic E-state index is 11.6. The van der Waals surface area contributed by atoms with Gasteiger partial charge in [0, 0.05) is 32.1 Å². The largest absolute Gasteiger partial charge is 0.343 e. The van der Waals surface area contributed by atoms with E-state index in [1.807, 2.05) is 15.8 Å². The van der Waals surface area contributed by atoms with Gasteiger partial charge in [0.05, 0.1) is 12.2 Å². The first-order valence-electron chi connectivity index (χ1n) is 8.62. The van der Waals surface area contributed by atoms with E-state index in [1.165, 1.54) is 0 Å². The molecule has 1 aromatic rings. The average molecular weight is 320 g/mol. The SMILES string of the molecule is CC(C)(C)C1CC(c2cn(CCCN3CCCC3=O)nn2)NN1. The molecule has 0 saturated carbocycles. The lowest BCUT2D eigenvalue weighted by Crippen LogP contribution is -2.39. The van der Waals surface area contributed by atoms with Crippen LogP contribution in [-0.2, 0) is 11.3 Å². The van der Waals surface area contributed by atoms with Gasteiger partial charge in [-0.1, -0.05) is 26.0 Å². The summed E-state index contributed by atoms with van der Waals surface area (Å²) in [6.45, 7) is 9.26. The van der Waals surface area contributed by atoms with E-state index in [-0.39, 0.29) is 11.5 Å². The van der Waals surface area contributed by atoms with Crippen molar-refractivity contribution in [3.63, 3.8) is 0 Å². The Morgan fingerprint density at radius 1 is 1.30 bits per heavy atom. The molecule has 2 aliphatic rings. The fourth-order valence-electron chi connectivity index (χ4n) is 3.27. The Balaban J connectivity index is 1.48. The van der Waals surface area contributed by atoms with Crippen LogP contribution in [0.25, 0.3) is 0 Å². The molecule has 1 aromatic heterocycles. The average Bonchev–Trinajstić information content (AvgIpc) is 3.18. The molecule has 3 rings (SSSR count). The Morgan fingerprint density at radius 3 is 2.78 bits per heavy atom. The van der Waals surface area contributed by atoms with Gasteiger partial charge in [-0.05, 0) is 24.7 Å². The van der Waals surface area contributed by atoms with E-state index in [0.717, 1.165) is 44.6 Å². The first-order valence-corrected chi connectivity index (χ1v) is 8.62. The van der Waals surface area contributed by atoms with E-state index >= 15 is 0 Å². The number of aromatic nitrogens is 3. The highest BCUT2D eigenvalue weighted by Crippen LogP contribution is 2.30. The fourth-order valence-corrected chi connectivity index (χ4v) is 3.27. The molecule has 0 aromatic carbocycles. The first kappa shape index (κ1) is 16.4. The lowest BCUT2D eigenvalue weighted by Gasteiger charge is -2.25. The molecule has 128 valence electrons. The topological polar surface area (TPSA) is 75.1 Å². The van der Waals surface area contributed by atoms with Crippen LogP contribution in [0, 0.1) is 5.41 Å². The summed E-state index contributed by atoms with van der Waals surface area (Å²) in [7, 11) is 0. The van der Waals surface area contributed by atoms with Crippen LogP contribution in [0.2, 0.25) is 0 Å². The van der Waals surface area contributed by atoms with Gasteiger partial charge in [0.25, 0.3) is 0 Å². The number of carbonyl (C=O) groups excluding carboxylic acids is 1. The third-order valence-electron chi connectivity index (χ3n) is 4.85. The molecule has 3 heterocycles. The van der Waals surface area contributed by atoms with Gasteiger partial charge in [0.1, 0.15) is 5.69 Å². The van der Waals surface area contributed by atoms with Crippen LogP contribution in [0.15, 0.2) is 6.20 Å². The number of amides is 1. The van der Waals surface area contributed by atoms with E-state index < -0.39 is 0 Å². The van der Waals surface area contributed by atoms with Gasteiger partial charge in [-0.3, -0.25) is 14.9 Å². The fraction of sp³-hybridized carbons (Fsp3) is 0.812. The minimum absolute atomic E-state index is 0.216. The monoisotopic (exact) mass is 320 g/mol. The first-order chi connectivity index (χ1) is 10.9. The number of nitrogens with one attached hydrogen (secondary N) is 2. The minimum Gasteiger partial charge on any atom is -0.343 e. The van der Waals surface area contributed by atoms with Crippen LogP contribution >= 0.6 is 0 Å². The Labute approximate surface area is 137 Å². The Kier molecular flexibility index (Phi) is 4.68. The summed E-state index contributed by atoms with van der Waals surface area (Å²) in [5, 5.41) is 8.54. The molecule has 0 bridgehead atoms. The van der Waals surface area contributed by atoms with Gasteiger partial charge in [-0.15, -0.1) is 5.10 Å². The summed E-state index contributed by atoms with van der Waals surface area (Å²) in [6.07, 6.45) is 5.68. The van der Waals surface area contributed by atoms with Crippen LogP contribution in [0.5, 0.6) is 0 Å². The van der Waals surface area contributed by atoms with E-state index in [0.29, 0.717) is 18.4 Å². The Bertz CT molecular complexity index is 549. The van der Waals surface area contributed by atoms with Gasteiger partial charge in [0.2, 0.25) is 5.91 Å². The number of hydrogen-bond acceptors (Lipinski definition) is 5.